The molecule has 3 amide bonds. The Morgan fingerprint density at radius 2 is 1.44 bits per heavy atom. The van der Waals surface area contributed by atoms with Crippen LogP contribution < -0.4 is 16.0 Å². The minimum Gasteiger partial charge on any atom is -0.508 e. The summed E-state index contributed by atoms with van der Waals surface area (Å²) >= 11 is 0. The van der Waals surface area contributed by atoms with Crippen LogP contribution in [0.5, 0.6) is 5.75 Å². The van der Waals surface area contributed by atoms with E-state index in [1.807, 2.05) is 32.9 Å². The Morgan fingerprint density at radius 3 is 2.05 bits per heavy atom. The van der Waals surface area contributed by atoms with Crippen molar-refractivity contribution in [2.75, 3.05) is 10.6 Å². The van der Waals surface area contributed by atoms with Crippen LogP contribution in [0.1, 0.15) is 59.2 Å². The summed E-state index contributed by atoms with van der Waals surface area (Å²) in [5, 5.41) is 27.9. The molecule has 1 saturated carbocycles. The summed E-state index contributed by atoms with van der Waals surface area (Å²) < 4.78 is 0. The van der Waals surface area contributed by atoms with Crippen LogP contribution in [-0.4, -0.2) is 34.2 Å². The first-order valence-corrected chi connectivity index (χ1v) is 13.3. The Labute approximate surface area is 228 Å². The number of rotatable bonds is 7. The van der Waals surface area contributed by atoms with Crippen molar-refractivity contribution in [3.05, 3.63) is 76.9 Å². The zero-order chi connectivity index (χ0) is 28.1. The number of aromatic hydroxyl groups is 1. The first-order chi connectivity index (χ1) is 18.6. The zero-order valence-electron chi connectivity index (χ0n) is 22.5. The highest BCUT2D eigenvalue weighted by Crippen LogP contribution is 2.30. The number of urea groups is 1. The van der Waals surface area contributed by atoms with Crippen LogP contribution in [0.4, 0.5) is 16.2 Å². The van der Waals surface area contributed by atoms with Crippen LogP contribution in [0.15, 0.2) is 54.6 Å². The number of carbonyl (C=O) groups is 3. The standard InChI is InChI=1S/C31H35N3O5/c1-18-15-19(2)27(20(3)16-18)34-31(39)32-26-17-23(21-9-12-24(35)13-10-21)11-14-25(26)29(36)33-28(30(37)38)22-7-5-4-6-8-22/h9-17,22,28,35H,4-8H2,1-3H3,(H,33,36)(H,37,38)(H2,32,34,39)/t28-/m0/s1. The molecule has 5 N–H and O–H groups in total. The van der Waals surface area contributed by atoms with E-state index in [0.29, 0.717) is 11.3 Å². The molecule has 1 aliphatic rings. The molecule has 4 rings (SSSR count). The number of benzene rings is 3. The molecule has 1 aliphatic carbocycles. The second kappa shape index (κ2) is 12.0. The lowest BCUT2D eigenvalue weighted by molar-refractivity contribution is -0.141. The van der Waals surface area contributed by atoms with Gasteiger partial charge < -0.3 is 26.2 Å². The molecule has 3 aromatic rings. The molecule has 8 nitrogen and oxygen atoms in total. The number of carboxylic acid groups (broad SMARTS) is 1. The molecule has 0 spiro atoms. The quantitative estimate of drug-likeness (QED) is 0.242. The summed E-state index contributed by atoms with van der Waals surface area (Å²) in [5.74, 6) is -1.64. The molecule has 204 valence electrons. The molecule has 0 radical (unpaired) electrons. The summed E-state index contributed by atoms with van der Waals surface area (Å²) in [7, 11) is 0. The van der Waals surface area contributed by atoms with Gasteiger partial charge in [0.1, 0.15) is 11.8 Å². The number of carboxylic acids is 1. The summed E-state index contributed by atoms with van der Waals surface area (Å²) in [6.07, 6.45) is 4.45. The lowest BCUT2D eigenvalue weighted by Gasteiger charge is -2.28. The third-order valence-corrected chi connectivity index (χ3v) is 7.30. The van der Waals surface area contributed by atoms with Gasteiger partial charge in [0.2, 0.25) is 0 Å². The van der Waals surface area contributed by atoms with Crippen LogP contribution >= 0.6 is 0 Å². The fourth-order valence-electron chi connectivity index (χ4n) is 5.39. The zero-order valence-corrected chi connectivity index (χ0v) is 22.5. The molecule has 3 aromatic carbocycles. The number of anilines is 2. The second-order valence-corrected chi connectivity index (χ2v) is 10.3. The number of nitrogens with one attached hydrogen (secondary N) is 3. The average molecular weight is 530 g/mol. The van der Waals surface area contributed by atoms with E-state index < -0.39 is 23.9 Å². The predicted octanol–water partition coefficient (Wildman–Crippen LogP) is 6.39. The SMILES string of the molecule is Cc1cc(C)c(NC(=O)Nc2cc(-c3ccc(O)cc3)ccc2C(=O)N[C@H](C(=O)O)C2CCCCC2)c(C)c1. The molecule has 8 heteroatoms. The lowest BCUT2D eigenvalue weighted by Crippen LogP contribution is -2.46. The largest absolute Gasteiger partial charge is 0.508 e. The molecule has 0 aliphatic heterocycles. The molecular weight excluding hydrogens is 494 g/mol. The minimum absolute atomic E-state index is 0.124. The molecule has 0 aromatic heterocycles. The molecule has 0 unspecified atom stereocenters. The van der Waals surface area contributed by atoms with Crippen molar-refractivity contribution in [2.45, 2.75) is 58.9 Å². The summed E-state index contributed by atoms with van der Waals surface area (Å²) in [6, 6.07) is 14.0. The maximum absolute atomic E-state index is 13.4. The highest BCUT2D eigenvalue weighted by Gasteiger charge is 2.31. The Bertz CT molecular complexity index is 1350. The number of aliphatic carboxylic acids is 1. The van der Waals surface area contributed by atoms with E-state index in [1.54, 1.807) is 42.5 Å². The fourth-order valence-corrected chi connectivity index (χ4v) is 5.39. The number of amides is 3. The molecular formula is C31H35N3O5. The topological polar surface area (TPSA) is 128 Å². The maximum Gasteiger partial charge on any atom is 0.326 e. The Balaban J connectivity index is 1.64. The maximum atomic E-state index is 13.4. The predicted molar refractivity (Wildman–Crippen MR) is 152 cm³/mol. The highest BCUT2D eigenvalue weighted by atomic mass is 16.4. The second-order valence-electron chi connectivity index (χ2n) is 10.3. The van der Waals surface area contributed by atoms with Crippen molar-refractivity contribution in [1.82, 2.24) is 5.32 Å². The van der Waals surface area contributed by atoms with Gasteiger partial charge in [-0.05, 0) is 86.1 Å². The van der Waals surface area contributed by atoms with E-state index in [-0.39, 0.29) is 22.9 Å². The first kappa shape index (κ1) is 27.7. The van der Waals surface area contributed by atoms with Crippen molar-refractivity contribution in [1.29, 1.82) is 0 Å². The van der Waals surface area contributed by atoms with Gasteiger partial charge in [0, 0.05) is 5.69 Å². The molecule has 0 heterocycles. The van der Waals surface area contributed by atoms with E-state index in [4.69, 9.17) is 0 Å². The van der Waals surface area contributed by atoms with Crippen LogP contribution in [-0.2, 0) is 4.79 Å². The summed E-state index contributed by atoms with van der Waals surface area (Å²) in [5.41, 5.74) is 5.48. The van der Waals surface area contributed by atoms with Gasteiger partial charge in [0.15, 0.2) is 0 Å². The fraction of sp³-hybridized carbons (Fsp3) is 0.323. The summed E-state index contributed by atoms with van der Waals surface area (Å²) in [4.78, 5) is 38.6. The van der Waals surface area contributed by atoms with Crippen molar-refractivity contribution in [3.63, 3.8) is 0 Å². The average Bonchev–Trinajstić information content (AvgIpc) is 2.90. The van der Waals surface area contributed by atoms with Crippen LogP contribution in [0.3, 0.4) is 0 Å². The molecule has 39 heavy (non-hydrogen) atoms. The third-order valence-electron chi connectivity index (χ3n) is 7.30. The van der Waals surface area contributed by atoms with Gasteiger partial charge in [0.25, 0.3) is 5.91 Å². The van der Waals surface area contributed by atoms with Gasteiger partial charge in [-0.1, -0.05) is 55.2 Å². The van der Waals surface area contributed by atoms with Gasteiger partial charge in [-0.2, -0.15) is 0 Å². The third kappa shape index (κ3) is 6.76. The number of hydrogen-bond donors (Lipinski definition) is 5. The smallest absolute Gasteiger partial charge is 0.326 e. The lowest BCUT2D eigenvalue weighted by atomic mass is 9.83. The minimum atomic E-state index is -1.06. The van der Waals surface area contributed by atoms with E-state index >= 15 is 0 Å². The van der Waals surface area contributed by atoms with Crippen molar-refractivity contribution >= 4 is 29.3 Å². The van der Waals surface area contributed by atoms with Crippen molar-refractivity contribution < 1.29 is 24.6 Å². The van der Waals surface area contributed by atoms with E-state index in [2.05, 4.69) is 16.0 Å². The van der Waals surface area contributed by atoms with Gasteiger partial charge >= 0.3 is 12.0 Å². The number of phenolic OH excluding ortho intramolecular Hbond substituents is 1. The molecule has 1 fully saturated rings. The highest BCUT2D eigenvalue weighted by molar-refractivity contribution is 6.08. The van der Waals surface area contributed by atoms with Crippen molar-refractivity contribution in [3.8, 4) is 16.9 Å². The van der Waals surface area contributed by atoms with Crippen LogP contribution in [0, 0.1) is 26.7 Å². The number of carbonyl (C=O) groups excluding carboxylic acids is 2. The molecule has 1 atom stereocenters. The van der Waals surface area contributed by atoms with E-state index in [1.165, 1.54) is 0 Å². The van der Waals surface area contributed by atoms with Gasteiger partial charge in [0.05, 0.1) is 11.3 Å². The molecule has 0 saturated heterocycles. The summed E-state index contributed by atoms with van der Waals surface area (Å²) in [6.45, 7) is 5.82. The first-order valence-electron chi connectivity index (χ1n) is 13.3. The number of phenols is 1. The van der Waals surface area contributed by atoms with Crippen molar-refractivity contribution in [2.24, 2.45) is 5.92 Å². The Hall–Kier alpha value is -4.33. The number of hydrogen-bond acceptors (Lipinski definition) is 4. The number of aryl methyl sites for hydroxylation is 3. The van der Waals surface area contributed by atoms with Crippen LogP contribution in [0.25, 0.3) is 11.1 Å². The monoisotopic (exact) mass is 529 g/mol. The van der Waals surface area contributed by atoms with Gasteiger partial charge in [-0.3, -0.25) is 4.79 Å². The van der Waals surface area contributed by atoms with Crippen LogP contribution in [0.2, 0.25) is 0 Å². The normalized spacial score (nSPS) is 14.3. The van der Waals surface area contributed by atoms with E-state index in [9.17, 15) is 24.6 Å². The van der Waals surface area contributed by atoms with Gasteiger partial charge in [-0.15, -0.1) is 0 Å². The Morgan fingerprint density at radius 1 is 0.821 bits per heavy atom. The Kier molecular flexibility index (Phi) is 8.54. The van der Waals surface area contributed by atoms with E-state index in [0.717, 1.165) is 54.4 Å². The molecule has 0 bridgehead atoms. The van der Waals surface area contributed by atoms with Gasteiger partial charge in [-0.25, -0.2) is 9.59 Å².